The van der Waals surface area contributed by atoms with E-state index in [9.17, 15) is 19.8 Å². The Kier molecular flexibility index (Phi) is 7.03. The maximum absolute atomic E-state index is 12.9. The Morgan fingerprint density at radius 2 is 1.91 bits per heavy atom. The molecule has 182 valence electrons. The first-order valence-corrected chi connectivity index (χ1v) is 11.4. The van der Waals surface area contributed by atoms with Crippen LogP contribution in [-0.2, 0) is 20.6 Å². The number of nitrogens with one attached hydrogen (secondary N) is 1. The minimum atomic E-state index is -1.01. The molecule has 35 heavy (non-hydrogen) atoms. The summed E-state index contributed by atoms with van der Waals surface area (Å²) in [5.41, 5.74) is 2.35. The highest BCUT2D eigenvalue weighted by molar-refractivity contribution is 9.10. The second-order valence-electron chi connectivity index (χ2n) is 7.78. The average Bonchev–Trinajstić information content (AvgIpc) is 3.21. The lowest BCUT2D eigenvalue weighted by Crippen LogP contribution is -2.38. The van der Waals surface area contributed by atoms with E-state index in [0.717, 1.165) is 9.04 Å². The largest absolute Gasteiger partial charge is 0.507 e. The lowest BCUT2D eigenvalue weighted by atomic mass is 10.2. The predicted octanol–water partition coefficient (Wildman–Crippen LogP) is 1.79. The van der Waals surface area contributed by atoms with Crippen molar-refractivity contribution in [1.82, 2.24) is 18.7 Å². The Labute approximate surface area is 207 Å². The van der Waals surface area contributed by atoms with E-state index in [2.05, 4.69) is 31.4 Å². The number of halogens is 1. The van der Waals surface area contributed by atoms with Gasteiger partial charge in [0.05, 0.1) is 12.8 Å². The molecule has 4 aromatic rings. The standard InChI is InChI=1S/C23H23BrN6O5/c1-28-20-19(21(33)29(2)23(28)34)30(12-16(31)13-35-17-6-4-3-5-7-17)22(26-20)27-25-11-14-10-15(24)8-9-18(14)32/h3-11,16,31-32H,12-13H2,1-2H3,(H,26,27)/b25-11+. The molecule has 0 saturated heterocycles. The number of aromatic nitrogens is 4. The number of aliphatic hydroxyl groups is 1. The summed E-state index contributed by atoms with van der Waals surface area (Å²) < 4.78 is 10.0. The molecule has 0 radical (unpaired) electrons. The summed E-state index contributed by atoms with van der Waals surface area (Å²) in [7, 11) is 2.88. The molecule has 3 N–H and O–H groups in total. The first kappa shape index (κ1) is 24.2. The molecule has 1 unspecified atom stereocenters. The van der Waals surface area contributed by atoms with E-state index in [1.807, 2.05) is 18.2 Å². The SMILES string of the molecule is Cn1c(=O)c2c(nc(N/N=C/c3cc(Br)ccc3O)n2CC(O)COc2ccccc2)n(C)c1=O. The Balaban J connectivity index is 1.68. The number of hydrazone groups is 1. The molecule has 2 aromatic carbocycles. The number of ether oxygens (including phenoxy) is 1. The molecule has 0 amide bonds. The first-order chi connectivity index (χ1) is 16.8. The fourth-order valence-corrected chi connectivity index (χ4v) is 3.85. The van der Waals surface area contributed by atoms with Crippen molar-refractivity contribution in [1.29, 1.82) is 0 Å². The van der Waals surface area contributed by atoms with Crippen molar-refractivity contribution in [2.75, 3.05) is 12.0 Å². The van der Waals surface area contributed by atoms with E-state index >= 15 is 0 Å². The zero-order valence-corrected chi connectivity index (χ0v) is 20.5. The number of rotatable bonds is 8. The van der Waals surface area contributed by atoms with Gasteiger partial charge in [-0.25, -0.2) is 10.2 Å². The Bertz CT molecular complexity index is 1510. The summed E-state index contributed by atoms with van der Waals surface area (Å²) in [5, 5.41) is 24.8. The molecule has 0 fully saturated rings. The maximum atomic E-state index is 12.9. The number of aliphatic hydroxyl groups excluding tert-OH is 1. The van der Waals surface area contributed by atoms with Crippen LogP contribution in [-0.4, -0.2) is 47.8 Å². The topological polar surface area (TPSA) is 136 Å². The lowest BCUT2D eigenvalue weighted by molar-refractivity contribution is 0.0938. The summed E-state index contributed by atoms with van der Waals surface area (Å²) in [4.78, 5) is 29.7. The first-order valence-electron chi connectivity index (χ1n) is 10.6. The lowest BCUT2D eigenvalue weighted by Gasteiger charge is -2.15. The van der Waals surface area contributed by atoms with Crippen LogP contribution in [0.25, 0.3) is 11.2 Å². The molecule has 11 nitrogen and oxygen atoms in total. The van der Waals surface area contributed by atoms with Crippen LogP contribution in [0.4, 0.5) is 5.95 Å². The number of anilines is 1. The molecule has 0 saturated carbocycles. The summed E-state index contributed by atoms with van der Waals surface area (Å²) in [5.74, 6) is 0.747. The second-order valence-corrected chi connectivity index (χ2v) is 8.69. The van der Waals surface area contributed by atoms with Crippen LogP contribution < -0.4 is 21.4 Å². The minimum absolute atomic E-state index is 0.0250. The number of phenolic OH excluding ortho intramolecular Hbond substituents is 1. The van der Waals surface area contributed by atoms with Crippen molar-refractivity contribution < 1.29 is 14.9 Å². The minimum Gasteiger partial charge on any atom is -0.507 e. The number of aryl methyl sites for hydroxylation is 1. The number of hydrogen-bond donors (Lipinski definition) is 3. The number of imidazole rings is 1. The number of phenols is 1. The number of fused-ring (bicyclic) bond motifs is 1. The number of aromatic hydroxyl groups is 1. The van der Waals surface area contributed by atoms with E-state index in [1.165, 1.54) is 35.5 Å². The van der Waals surface area contributed by atoms with Crippen LogP contribution in [0.2, 0.25) is 0 Å². The normalized spacial score (nSPS) is 12.3. The molecule has 2 heterocycles. The molecule has 4 rings (SSSR count). The van der Waals surface area contributed by atoms with Gasteiger partial charge in [0.15, 0.2) is 11.2 Å². The van der Waals surface area contributed by atoms with E-state index in [-0.39, 0.29) is 36.0 Å². The summed E-state index contributed by atoms with van der Waals surface area (Å²) in [6.45, 7) is -0.0961. The third-order valence-corrected chi connectivity index (χ3v) is 5.78. The zero-order chi connectivity index (χ0) is 25.1. The van der Waals surface area contributed by atoms with E-state index in [1.54, 1.807) is 24.3 Å². The monoisotopic (exact) mass is 542 g/mol. The fraction of sp³-hybridized carbons (Fsp3) is 0.217. The highest BCUT2D eigenvalue weighted by Crippen LogP contribution is 2.21. The molecule has 0 bridgehead atoms. The molecule has 0 spiro atoms. The van der Waals surface area contributed by atoms with Gasteiger partial charge in [0.1, 0.15) is 24.2 Å². The van der Waals surface area contributed by atoms with Gasteiger partial charge in [0.25, 0.3) is 5.56 Å². The van der Waals surface area contributed by atoms with Gasteiger partial charge in [0.2, 0.25) is 5.95 Å². The van der Waals surface area contributed by atoms with Gasteiger partial charge in [-0.1, -0.05) is 34.1 Å². The summed E-state index contributed by atoms with van der Waals surface area (Å²) in [6, 6.07) is 13.9. The van der Waals surface area contributed by atoms with Gasteiger partial charge < -0.3 is 19.5 Å². The van der Waals surface area contributed by atoms with Crippen molar-refractivity contribution in [2.24, 2.45) is 19.2 Å². The molecular weight excluding hydrogens is 520 g/mol. The van der Waals surface area contributed by atoms with Crippen molar-refractivity contribution in [2.45, 2.75) is 12.6 Å². The fourth-order valence-electron chi connectivity index (χ4n) is 3.47. The van der Waals surface area contributed by atoms with Gasteiger partial charge >= 0.3 is 5.69 Å². The van der Waals surface area contributed by atoms with Gasteiger partial charge in [-0.3, -0.25) is 13.9 Å². The van der Waals surface area contributed by atoms with Crippen LogP contribution in [0.5, 0.6) is 11.5 Å². The van der Waals surface area contributed by atoms with Crippen LogP contribution in [0.15, 0.2) is 67.7 Å². The molecule has 12 heteroatoms. The summed E-state index contributed by atoms with van der Waals surface area (Å²) >= 11 is 3.34. The van der Waals surface area contributed by atoms with Crippen LogP contribution in [0, 0.1) is 0 Å². The molecular formula is C23H23BrN6O5. The molecule has 0 aliphatic carbocycles. The number of benzene rings is 2. The smallest absolute Gasteiger partial charge is 0.332 e. The highest BCUT2D eigenvalue weighted by Gasteiger charge is 2.21. The van der Waals surface area contributed by atoms with Crippen molar-refractivity contribution in [3.8, 4) is 11.5 Å². The molecule has 0 aliphatic rings. The van der Waals surface area contributed by atoms with E-state index in [0.29, 0.717) is 11.3 Å². The number of para-hydroxylation sites is 1. The summed E-state index contributed by atoms with van der Waals surface area (Å²) in [6.07, 6.45) is 0.378. The van der Waals surface area contributed by atoms with Crippen LogP contribution in [0.3, 0.4) is 0 Å². The van der Waals surface area contributed by atoms with Gasteiger partial charge in [-0.2, -0.15) is 10.1 Å². The van der Waals surface area contributed by atoms with Crippen LogP contribution >= 0.6 is 15.9 Å². The van der Waals surface area contributed by atoms with Gasteiger partial charge in [-0.05, 0) is 30.3 Å². The Morgan fingerprint density at radius 3 is 2.66 bits per heavy atom. The molecule has 2 aromatic heterocycles. The third-order valence-electron chi connectivity index (χ3n) is 5.28. The van der Waals surface area contributed by atoms with E-state index < -0.39 is 17.4 Å². The number of nitrogens with zero attached hydrogens (tertiary/aromatic N) is 5. The second kappa shape index (κ2) is 10.2. The maximum Gasteiger partial charge on any atom is 0.332 e. The molecule has 1 atom stereocenters. The number of hydrogen-bond acceptors (Lipinski definition) is 8. The van der Waals surface area contributed by atoms with Crippen LogP contribution in [0.1, 0.15) is 5.56 Å². The third kappa shape index (κ3) is 5.12. The molecule has 0 aliphatic heterocycles. The van der Waals surface area contributed by atoms with E-state index in [4.69, 9.17) is 4.74 Å². The quantitative estimate of drug-likeness (QED) is 0.228. The Morgan fingerprint density at radius 1 is 1.17 bits per heavy atom. The van der Waals surface area contributed by atoms with Crippen molar-refractivity contribution in [3.05, 3.63) is 79.4 Å². The zero-order valence-electron chi connectivity index (χ0n) is 18.9. The Hall–Kier alpha value is -3.90. The van der Waals surface area contributed by atoms with Crippen molar-refractivity contribution >= 4 is 39.3 Å². The highest BCUT2D eigenvalue weighted by atomic mass is 79.9. The van der Waals surface area contributed by atoms with Gasteiger partial charge in [-0.15, -0.1) is 0 Å². The average molecular weight is 543 g/mol. The predicted molar refractivity (Wildman–Crippen MR) is 135 cm³/mol. The van der Waals surface area contributed by atoms with Gasteiger partial charge in [0, 0.05) is 24.1 Å². The van der Waals surface area contributed by atoms with Crippen molar-refractivity contribution in [3.63, 3.8) is 0 Å².